The van der Waals surface area contributed by atoms with E-state index in [4.69, 9.17) is 16.3 Å². The van der Waals surface area contributed by atoms with Crippen molar-refractivity contribution >= 4 is 17.6 Å². The Morgan fingerprint density at radius 1 is 1.00 bits per heavy atom. The highest BCUT2D eigenvalue weighted by Gasteiger charge is 2.07. The van der Waals surface area contributed by atoms with Crippen molar-refractivity contribution in [1.29, 1.82) is 0 Å². The summed E-state index contributed by atoms with van der Waals surface area (Å²) in [5, 5.41) is 0. The molecular weight excluding hydrogens is 248 g/mol. The van der Waals surface area contributed by atoms with Crippen molar-refractivity contribution in [3.05, 3.63) is 0 Å². The molecule has 0 aromatic heterocycles. The summed E-state index contributed by atoms with van der Waals surface area (Å²) in [7, 11) is 0. The summed E-state index contributed by atoms with van der Waals surface area (Å²) in [6.07, 6.45) is 12.9. The molecule has 0 aliphatic heterocycles. The maximum Gasteiger partial charge on any atom is 0.321 e. The molecule has 0 amide bonds. The molecule has 0 saturated heterocycles. The molecule has 1 atom stereocenters. The summed E-state index contributed by atoms with van der Waals surface area (Å²) >= 11 is 5.38. The third kappa shape index (κ3) is 12.2. The van der Waals surface area contributed by atoms with E-state index >= 15 is 0 Å². The third-order valence-electron chi connectivity index (χ3n) is 3.16. The Labute approximate surface area is 117 Å². The van der Waals surface area contributed by atoms with Crippen molar-refractivity contribution < 1.29 is 9.53 Å². The van der Waals surface area contributed by atoms with Crippen LogP contribution in [0.1, 0.15) is 78.1 Å². The summed E-state index contributed by atoms with van der Waals surface area (Å²) in [5.41, 5.74) is 0. The lowest BCUT2D eigenvalue weighted by molar-refractivity contribution is -0.145. The first-order chi connectivity index (χ1) is 8.70. The lowest BCUT2D eigenvalue weighted by Crippen LogP contribution is -2.15. The van der Waals surface area contributed by atoms with E-state index in [1.54, 1.807) is 0 Å². The molecule has 1 unspecified atom stereocenters. The maximum atomic E-state index is 10.9. The second-order valence-corrected chi connectivity index (χ2v) is 5.32. The molecule has 0 rings (SSSR count). The maximum absolute atomic E-state index is 10.9. The molecule has 0 aliphatic rings. The van der Waals surface area contributed by atoms with Gasteiger partial charge in [0.1, 0.15) is 5.88 Å². The first-order valence-corrected chi connectivity index (χ1v) is 7.99. The minimum Gasteiger partial charge on any atom is -0.462 e. The van der Waals surface area contributed by atoms with Crippen LogP contribution in [0, 0.1) is 0 Å². The molecule has 0 aromatic carbocycles. The summed E-state index contributed by atoms with van der Waals surface area (Å²) < 4.78 is 5.10. The van der Waals surface area contributed by atoms with Gasteiger partial charge in [0.05, 0.1) is 6.10 Å². The van der Waals surface area contributed by atoms with Crippen molar-refractivity contribution in [3.8, 4) is 0 Å². The number of hydrogen-bond acceptors (Lipinski definition) is 2. The average molecular weight is 277 g/mol. The van der Waals surface area contributed by atoms with Gasteiger partial charge >= 0.3 is 5.97 Å². The smallest absolute Gasteiger partial charge is 0.321 e. The van der Waals surface area contributed by atoms with Crippen LogP contribution in [0.5, 0.6) is 0 Å². The van der Waals surface area contributed by atoms with E-state index in [1.807, 2.05) is 6.92 Å². The van der Waals surface area contributed by atoms with Crippen LogP contribution in [0.3, 0.4) is 0 Å². The normalized spacial score (nSPS) is 12.4. The predicted molar refractivity (Wildman–Crippen MR) is 78.1 cm³/mol. The molecule has 0 fully saturated rings. The van der Waals surface area contributed by atoms with E-state index in [9.17, 15) is 4.79 Å². The Balaban J connectivity index is 3.17. The van der Waals surface area contributed by atoms with Gasteiger partial charge < -0.3 is 4.74 Å². The molecule has 0 heterocycles. The Morgan fingerprint density at radius 2 is 1.50 bits per heavy atom. The van der Waals surface area contributed by atoms with Crippen LogP contribution in [0.15, 0.2) is 0 Å². The topological polar surface area (TPSA) is 26.3 Å². The predicted octanol–water partition coefficient (Wildman–Crippen LogP) is 5.08. The van der Waals surface area contributed by atoms with E-state index < -0.39 is 0 Å². The molecule has 0 spiro atoms. The van der Waals surface area contributed by atoms with Crippen molar-refractivity contribution in [2.24, 2.45) is 0 Å². The summed E-state index contributed by atoms with van der Waals surface area (Å²) in [6.45, 7) is 4.19. The highest BCUT2D eigenvalue weighted by Crippen LogP contribution is 2.12. The zero-order valence-corrected chi connectivity index (χ0v) is 12.8. The van der Waals surface area contributed by atoms with E-state index in [0.717, 1.165) is 12.8 Å². The van der Waals surface area contributed by atoms with Gasteiger partial charge in [-0.05, 0) is 19.8 Å². The summed E-state index contributed by atoms with van der Waals surface area (Å²) in [6, 6.07) is 0. The van der Waals surface area contributed by atoms with E-state index in [1.165, 1.54) is 51.4 Å². The number of hydrogen-bond donors (Lipinski definition) is 0. The zero-order chi connectivity index (χ0) is 13.6. The highest BCUT2D eigenvalue weighted by molar-refractivity contribution is 6.26. The van der Waals surface area contributed by atoms with Gasteiger partial charge in [0.25, 0.3) is 0 Å². The third-order valence-corrected chi connectivity index (χ3v) is 3.37. The molecular formula is C15H29ClO2. The van der Waals surface area contributed by atoms with Crippen LogP contribution in [0.2, 0.25) is 0 Å². The van der Waals surface area contributed by atoms with Crippen LogP contribution in [0.25, 0.3) is 0 Å². The van der Waals surface area contributed by atoms with Gasteiger partial charge in [-0.25, -0.2) is 0 Å². The zero-order valence-electron chi connectivity index (χ0n) is 12.0. The molecule has 0 saturated carbocycles. The fraction of sp³-hybridized carbons (Fsp3) is 0.933. The molecule has 0 N–H and O–H groups in total. The number of esters is 1. The SMILES string of the molecule is CCCCCCCCCCCC(C)OC(=O)CCl. The number of carbonyl (C=O) groups excluding carboxylic acids is 1. The van der Waals surface area contributed by atoms with Gasteiger partial charge in [0.15, 0.2) is 0 Å². The van der Waals surface area contributed by atoms with Gasteiger partial charge in [-0.2, -0.15) is 0 Å². The van der Waals surface area contributed by atoms with Crippen molar-refractivity contribution in [2.45, 2.75) is 84.2 Å². The quantitative estimate of drug-likeness (QED) is 0.282. The van der Waals surface area contributed by atoms with Crippen LogP contribution in [0.4, 0.5) is 0 Å². The van der Waals surface area contributed by atoms with Gasteiger partial charge in [0, 0.05) is 0 Å². The molecule has 108 valence electrons. The monoisotopic (exact) mass is 276 g/mol. The van der Waals surface area contributed by atoms with Gasteiger partial charge in [-0.15, -0.1) is 11.6 Å². The fourth-order valence-corrected chi connectivity index (χ4v) is 2.12. The van der Waals surface area contributed by atoms with Gasteiger partial charge in [0.2, 0.25) is 0 Å². The molecule has 0 aliphatic carbocycles. The second-order valence-electron chi connectivity index (χ2n) is 5.05. The molecule has 0 radical (unpaired) electrons. The number of rotatable bonds is 12. The summed E-state index contributed by atoms with van der Waals surface area (Å²) in [5.74, 6) is -0.345. The number of ether oxygens (including phenoxy) is 1. The number of halogens is 1. The summed E-state index contributed by atoms with van der Waals surface area (Å²) in [4.78, 5) is 10.9. The van der Waals surface area contributed by atoms with Gasteiger partial charge in [-0.1, -0.05) is 58.3 Å². The van der Waals surface area contributed by atoms with Crippen LogP contribution >= 0.6 is 11.6 Å². The Bertz CT molecular complexity index is 195. The first kappa shape index (κ1) is 17.8. The second kappa shape index (κ2) is 13.2. The Kier molecular flexibility index (Phi) is 13.0. The molecule has 0 bridgehead atoms. The number of unbranched alkanes of at least 4 members (excludes halogenated alkanes) is 8. The Morgan fingerprint density at radius 3 is 2.00 bits per heavy atom. The highest BCUT2D eigenvalue weighted by atomic mass is 35.5. The Hall–Kier alpha value is -0.240. The average Bonchev–Trinajstić information content (AvgIpc) is 2.36. The minimum atomic E-state index is -0.305. The van der Waals surface area contributed by atoms with Crippen molar-refractivity contribution in [1.82, 2.24) is 0 Å². The number of carbonyl (C=O) groups is 1. The van der Waals surface area contributed by atoms with Gasteiger partial charge in [-0.3, -0.25) is 4.79 Å². The minimum absolute atomic E-state index is 0.0146. The van der Waals surface area contributed by atoms with Crippen molar-refractivity contribution in [3.63, 3.8) is 0 Å². The van der Waals surface area contributed by atoms with E-state index in [2.05, 4.69) is 6.92 Å². The standard InChI is InChI=1S/C15H29ClO2/c1-3-4-5-6-7-8-9-10-11-12-14(2)18-15(17)13-16/h14H,3-13H2,1-2H3. The van der Waals surface area contributed by atoms with Crippen molar-refractivity contribution in [2.75, 3.05) is 5.88 Å². The molecule has 3 heteroatoms. The largest absolute Gasteiger partial charge is 0.462 e. The lowest BCUT2D eigenvalue weighted by Gasteiger charge is -2.11. The molecule has 18 heavy (non-hydrogen) atoms. The van der Waals surface area contributed by atoms with Crippen LogP contribution in [-0.2, 0) is 9.53 Å². The first-order valence-electron chi connectivity index (χ1n) is 7.46. The molecule has 0 aromatic rings. The molecule has 2 nitrogen and oxygen atoms in total. The van der Waals surface area contributed by atoms with E-state index in [-0.39, 0.29) is 18.0 Å². The van der Waals surface area contributed by atoms with Crippen LogP contribution in [-0.4, -0.2) is 18.0 Å². The van der Waals surface area contributed by atoms with Crippen LogP contribution < -0.4 is 0 Å². The number of alkyl halides is 1. The fourth-order valence-electron chi connectivity index (χ4n) is 2.06. The van der Waals surface area contributed by atoms with E-state index in [0.29, 0.717) is 0 Å². The lowest BCUT2D eigenvalue weighted by atomic mass is 10.1.